The van der Waals surface area contributed by atoms with Crippen LogP contribution < -0.4 is 5.32 Å². The van der Waals surface area contributed by atoms with Crippen molar-refractivity contribution in [2.45, 2.75) is 13.5 Å². The third-order valence-electron chi connectivity index (χ3n) is 2.61. The fourth-order valence-corrected chi connectivity index (χ4v) is 2.50. The van der Waals surface area contributed by atoms with Crippen molar-refractivity contribution in [3.63, 3.8) is 0 Å². The maximum atomic E-state index is 4.42. The molecule has 0 saturated carbocycles. The van der Waals surface area contributed by atoms with E-state index in [1.807, 2.05) is 25.3 Å². The smallest absolute Gasteiger partial charge is 0.112 e. The molecule has 0 aliphatic rings. The molecule has 0 fully saturated rings. The van der Waals surface area contributed by atoms with Crippen molar-refractivity contribution < 1.29 is 0 Å². The second-order valence-corrected chi connectivity index (χ2v) is 4.94. The van der Waals surface area contributed by atoms with Crippen LogP contribution in [0.2, 0.25) is 0 Å². The van der Waals surface area contributed by atoms with E-state index in [4.69, 9.17) is 0 Å². The summed E-state index contributed by atoms with van der Waals surface area (Å²) in [5.41, 5.74) is 2.95. The highest BCUT2D eigenvalue weighted by molar-refractivity contribution is 7.09. The van der Waals surface area contributed by atoms with E-state index in [1.54, 1.807) is 23.7 Å². The first-order valence-corrected chi connectivity index (χ1v) is 6.54. The van der Waals surface area contributed by atoms with Crippen molar-refractivity contribution in [1.29, 1.82) is 0 Å². The van der Waals surface area contributed by atoms with Gasteiger partial charge in [-0.2, -0.15) is 0 Å². The van der Waals surface area contributed by atoms with Crippen molar-refractivity contribution in [3.05, 3.63) is 46.8 Å². The lowest BCUT2D eigenvalue weighted by Crippen LogP contribution is -2.00. The van der Waals surface area contributed by atoms with Gasteiger partial charge in [0.2, 0.25) is 0 Å². The monoisotopic (exact) mass is 256 g/mol. The molecular formula is C13H12N4S. The topological polar surface area (TPSA) is 50.7 Å². The summed E-state index contributed by atoms with van der Waals surface area (Å²) in [5, 5.41) is 7.50. The minimum atomic E-state index is 0.704. The van der Waals surface area contributed by atoms with Crippen molar-refractivity contribution in [1.82, 2.24) is 15.0 Å². The number of anilines is 1. The lowest BCUT2D eigenvalue weighted by molar-refractivity contribution is 1.07. The maximum Gasteiger partial charge on any atom is 0.112 e. The second-order valence-electron chi connectivity index (χ2n) is 4.00. The molecule has 0 amide bonds. The number of aromatic nitrogens is 3. The molecular weight excluding hydrogens is 244 g/mol. The van der Waals surface area contributed by atoms with E-state index in [2.05, 4.69) is 25.6 Å². The van der Waals surface area contributed by atoms with Gasteiger partial charge in [0.15, 0.2) is 0 Å². The number of fused-ring (bicyclic) bond motifs is 1. The van der Waals surface area contributed by atoms with Gasteiger partial charge in [0.05, 0.1) is 23.9 Å². The summed E-state index contributed by atoms with van der Waals surface area (Å²) in [6.45, 7) is 2.71. The Labute approximate surface area is 109 Å². The molecule has 5 heteroatoms. The van der Waals surface area contributed by atoms with Gasteiger partial charge in [0.1, 0.15) is 5.01 Å². The van der Waals surface area contributed by atoms with Crippen molar-refractivity contribution in [3.8, 4) is 0 Å². The molecule has 0 saturated heterocycles. The molecule has 0 aliphatic carbocycles. The molecule has 0 aromatic carbocycles. The van der Waals surface area contributed by atoms with Crippen molar-refractivity contribution in [2.75, 3.05) is 5.32 Å². The molecule has 0 bridgehead atoms. The molecule has 0 atom stereocenters. The number of aryl methyl sites for hydroxylation is 1. The molecule has 3 rings (SSSR count). The quantitative estimate of drug-likeness (QED) is 0.782. The van der Waals surface area contributed by atoms with E-state index in [9.17, 15) is 0 Å². The minimum absolute atomic E-state index is 0.704. The van der Waals surface area contributed by atoms with Crippen LogP contribution in [0, 0.1) is 6.92 Å². The third kappa shape index (κ3) is 2.17. The molecule has 3 heterocycles. The summed E-state index contributed by atoms with van der Waals surface area (Å²) in [7, 11) is 0. The Morgan fingerprint density at radius 1 is 1.33 bits per heavy atom. The largest absolute Gasteiger partial charge is 0.376 e. The zero-order valence-corrected chi connectivity index (χ0v) is 10.7. The maximum absolute atomic E-state index is 4.42. The lowest BCUT2D eigenvalue weighted by Gasteiger charge is -2.06. The van der Waals surface area contributed by atoms with Gasteiger partial charge < -0.3 is 5.32 Å². The normalized spacial score (nSPS) is 10.7. The van der Waals surface area contributed by atoms with Gasteiger partial charge in [-0.1, -0.05) is 0 Å². The van der Waals surface area contributed by atoms with Gasteiger partial charge in [-0.25, -0.2) is 4.98 Å². The van der Waals surface area contributed by atoms with Gasteiger partial charge in [0, 0.05) is 28.9 Å². The number of thiazole rings is 1. The molecule has 0 unspecified atom stereocenters. The van der Waals surface area contributed by atoms with E-state index < -0.39 is 0 Å². The first-order valence-electron chi connectivity index (χ1n) is 5.66. The minimum Gasteiger partial charge on any atom is -0.376 e. The van der Waals surface area contributed by atoms with Crippen LogP contribution in [0.15, 0.2) is 36.1 Å². The second kappa shape index (κ2) is 4.70. The van der Waals surface area contributed by atoms with E-state index in [0.29, 0.717) is 6.54 Å². The number of nitrogens with zero attached hydrogens (tertiary/aromatic N) is 3. The lowest BCUT2D eigenvalue weighted by atomic mass is 10.2. The SMILES string of the molecule is Cc1csc(CNc2cncc3cccnc23)n1. The Kier molecular flexibility index (Phi) is 2.90. The van der Waals surface area contributed by atoms with Crippen LogP contribution in [0.4, 0.5) is 5.69 Å². The average Bonchev–Trinajstić information content (AvgIpc) is 2.82. The summed E-state index contributed by atoms with van der Waals surface area (Å²) in [4.78, 5) is 13.0. The zero-order chi connectivity index (χ0) is 12.4. The van der Waals surface area contributed by atoms with Gasteiger partial charge in [0.25, 0.3) is 0 Å². The number of hydrogen-bond donors (Lipinski definition) is 1. The molecule has 1 N–H and O–H groups in total. The highest BCUT2D eigenvalue weighted by Crippen LogP contribution is 2.20. The van der Waals surface area contributed by atoms with Crippen LogP contribution in [0.1, 0.15) is 10.7 Å². The Hall–Kier alpha value is -2.01. The summed E-state index contributed by atoms with van der Waals surface area (Å²) in [6, 6.07) is 3.92. The van der Waals surface area contributed by atoms with Gasteiger partial charge in [-0.15, -0.1) is 11.3 Å². The summed E-state index contributed by atoms with van der Waals surface area (Å²) in [5.74, 6) is 0. The number of rotatable bonds is 3. The van der Waals surface area contributed by atoms with Crippen LogP contribution in [0.5, 0.6) is 0 Å². The van der Waals surface area contributed by atoms with Crippen molar-refractivity contribution >= 4 is 27.9 Å². The molecule has 18 heavy (non-hydrogen) atoms. The fraction of sp³-hybridized carbons (Fsp3) is 0.154. The summed E-state index contributed by atoms with van der Waals surface area (Å²) < 4.78 is 0. The summed E-state index contributed by atoms with van der Waals surface area (Å²) in [6.07, 6.45) is 5.41. The van der Waals surface area contributed by atoms with Crippen LogP contribution >= 0.6 is 11.3 Å². The molecule has 0 radical (unpaired) electrons. The van der Waals surface area contributed by atoms with E-state index in [-0.39, 0.29) is 0 Å². The fourth-order valence-electron chi connectivity index (χ4n) is 1.78. The van der Waals surface area contributed by atoms with Gasteiger partial charge >= 0.3 is 0 Å². The Balaban J connectivity index is 1.86. The molecule has 0 spiro atoms. The van der Waals surface area contributed by atoms with Gasteiger partial charge in [-0.05, 0) is 19.1 Å². The Bertz CT molecular complexity index is 672. The Morgan fingerprint density at radius 3 is 3.11 bits per heavy atom. The van der Waals surface area contributed by atoms with Crippen LogP contribution in [0.3, 0.4) is 0 Å². The predicted molar refractivity (Wildman–Crippen MR) is 73.7 cm³/mol. The highest BCUT2D eigenvalue weighted by atomic mass is 32.1. The van der Waals surface area contributed by atoms with E-state index >= 15 is 0 Å². The summed E-state index contributed by atoms with van der Waals surface area (Å²) >= 11 is 1.66. The molecule has 90 valence electrons. The van der Waals surface area contributed by atoms with Gasteiger partial charge in [-0.3, -0.25) is 9.97 Å². The molecule has 4 nitrogen and oxygen atoms in total. The third-order valence-corrected chi connectivity index (χ3v) is 3.57. The predicted octanol–water partition coefficient (Wildman–Crippen LogP) is 3.01. The first kappa shape index (κ1) is 11.1. The number of nitrogens with one attached hydrogen (secondary N) is 1. The van der Waals surface area contributed by atoms with Crippen LogP contribution in [-0.4, -0.2) is 15.0 Å². The highest BCUT2D eigenvalue weighted by Gasteiger charge is 2.03. The van der Waals surface area contributed by atoms with E-state index in [0.717, 1.165) is 27.3 Å². The van der Waals surface area contributed by atoms with Crippen molar-refractivity contribution in [2.24, 2.45) is 0 Å². The number of pyridine rings is 2. The molecule has 0 aliphatic heterocycles. The Morgan fingerprint density at radius 2 is 2.28 bits per heavy atom. The zero-order valence-electron chi connectivity index (χ0n) is 9.92. The van der Waals surface area contributed by atoms with Crippen LogP contribution in [0.25, 0.3) is 10.9 Å². The standard InChI is InChI=1S/C13H12N4S/c1-9-8-18-12(17-9)7-16-11-6-14-5-10-3-2-4-15-13(10)11/h2-6,8,16H,7H2,1H3. The molecule has 3 aromatic heterocycles. The average molecular weight is 256 g/mol. The molecule has 3 aromatic rings. The van der Waals surface area contributed by atoms with Crippen LogP contribution in [-0.2, 0) is 6.54 Å². The first-order chi connectivity index (χ1) is 8.83. The van der Waals surface area contributed by atoms with E-state index in [1.165, 1.54) is 0 Å². The number of hydrogen-bond acceptors (Lipinski definition) is 5.